The molecule has 3 N–H and O–H groups in total. The molecule has 0 spiro atoms. The number of carboxylic acid groups (broad SMARTS) is 1. The summed E-state index contributed by atoms with van der Waals surface area (Å²) in [4.78, 5) is 45.8. The first-order valence-electron chi connectivity index (χ1n) is 11.5. The maximum atomic E-state index is 13.4. The van der Waals surface area contributed by atoms with E-state index < -0.39 is 17.2 Å². The van der Waals surface area contributed by atoms with Crippen molar-refractivity contribution in [1.29, 1.82) is 0 Å². The molecule has 1 aliphatic carbocycles. The lowest BCUT2D eigenvalue weighted by Gasteiger charge is -2.27. The van der Waals surface area contributed by atoms with E-state index in [1.807, 2.05) is 31.2 Å². The van der Waals surface area contributed by atoms with Gasteiger partial charge < -0.3 is 20.0 Å². The molecule has 3 aromatic heterocycles. The number of hydrogen-bond donors (Lipinski definition) is 3. The van der Waals surface area contributed by atoms with Crippen LogP contribution in [0.25, 0.3) is 22.1 Å². The van der Waals surface area contributed by atoms with Crippen LogP contribution in [0.4, 0.5) is 5.95 Å². The second kappa shape index (κ2) is 8.19. The van der Waals surface area contributed by atoms with Crippen LogP contribution >= 0.6 is 0 Å². The Morgan fingerprint density at radius 3 is 2.76 bits per heavy atom. The van der Waals surface area contributed by atoms with Gasteiger partial charge in [-0.3, -0.25) is 18.7 Å². The highest BCUT2D eigenvalue weighted by Crippen LogP contribution is 2.27. The van der Waals surface area contributed by atoms with Gasteiger partial charge in [-0.2, -0.15) is 4.98 Å². The molecule has 0 aliphatic heterocycles. The Bertz CT molecular complexity index is 1540. The highest BCUT2D eigenvalue weighted by molar-refractivity contribution is 5.83. The van der Waals surface area contributed by atoms with Gasteiger partial charge in [0.05, 0.1) is 12.5 Å². The summed E-state index contributed by atoms with van der Waals surface area (Å²) in [7, 11) is 3.34. The molecule has 0 saturated heterocycles. The lowest BCUT2D eigenvalue weighted by atomic mass is 9.86. The van der Waals surface area contributed by atoms with Crippen LogP contribution in [0, 0.1) is 12.8 Å². The summed E-state index contributed by atoms with van der Waals surface area (Å²) in [6, 6.07) is 7.87. The molecule has 5 rings (SSSR count). The first-order valence-corrected chi connectivity index (χ1v) is 11.5. The molecule has 10 heteroatoms. The molecule has 2 unspecified atom stereocenters. The Balaban J connectivity index is 1.53. The molecule has 34 heavy (non-hydrogen) atoms. The number of rotatable bonds is 5. The molecule has 2 atom stereocenters. The van der Waals surface area contributed by atoms with E-state index >= 15 is 0 Å². The third kappa shape index (κ3) is 3.59. The number of nitrogens with zero attached hydrogens (tertiary/aromatic N) is 4. The number of anilines is 1. The van der Waals surface area contributed by atoms with E-state index in [4.69, 9.17) is 0 Å². The van der Waals surface area contributed by atoms with Gasteiger partial charge in [-0.15, -0.1) is 0 Å². The maximum Gasteiger partial charge on any atom is 0.332 e. The summed E-state index contributed by atoms with van der Waals surface area (Å²) in [5.41, 5.74) is 2.61. The van der Waals surface area contributed by atoms with Gasteiger partial charge in [0.25, 0.3) is 5.56 Å². The van der Waals surface area contributed by atoms with Crippen LogP contribution in [-0.4, -0.2) is 40.8 Å². The number of carboxylic acids is 1. The molecular formula is C24H28N6O4. The summed E-state index contributed by atoms with van der Waals surface area (Å²) >= 11 is 0. The van der Waals surface area contributed by atoms with Gasteiger partial charge in [0.15, 0.2) is 11.2 Å². The highest BCUT2D eigenvalue weighted by Gasteiger charge is 2.28. The molecule has 178 valence electrons. The van der Waals surface area contributed by atoms with Crippen molar-refractivity contribution in [2.24, 2.45) is 20.0 Å². The van der Waals surface area contributed by atoms with Crippen LogP contribution in [0.15, 0.2) is 33.9 Å². The predicted octanol–water partition coefficient (Wildman–Crippen LogP) is 2.33. The van der Waals surface area contributed by atoms with E-state index in [0.717, 1.165) is 35.0 Å². The van der Waals surface area contributed by atoms with Crippen molar-refractivity contribution >= 4 is 34.0 Å². The largest absolute Gasteiger partial charge is 0.481 e. The second-order valence-corrected chi connectivity index (χ2v) is 9.27. The Hall–Kier alpha value is -3.82. The Morgan fingerprint density at radius 2 is 2.03 bits per heavy atom. The van der Waals surface area contributed by atoms with Crippen LogP contribution < -0.4 is 16.6 Å². The van der Waals surface area contributed by atoms with E-state index in [0.29, 0.717) is 30.0 Å². The molecule has 3 heterocycles. The third-order valence-electron chi connectivity index (χ3n) is 6.98. The monoisotopic (exact) mass is 464 g/mol. The lowest BCUT2D eigenvalue weighted by molar-refractivity contribution is -0.142. The smallest absolute Gasteiger partial charge is 0.332 e. The molecule has 4 aromatic rings. The van der Waals surface area contributed by atoms with Crippen molar-refractivity contribution < 1.29 is 9.90 Å². The summed E-state index contributed by atoms with van der Waals surface area (Å²) in [6.45, 7) is 2.14. The molecule has 1 aliphatic rings. The molecule has 1 saturated carbocycles. The fourth-order valence-electron chi connectivity index (χ4n) is 5.06. The van der Waals surface area contributed by atoms with Crippen molar-refractivity contribution in [2.45, 2.75) is 45.2 Å². The average molecular weight is 465 g/mol. The number of H-pyrrole nitrogens is 1. The second-order valence-electron chi connectivity index (χ2n) is 9.27. The number of fused-ring (bicyclic) bond motifs is 2. The minimum absolute atomic E-state index is 0.0563. The number of hydrogen-bond acceptors (Lipinski definition) is 5. The Morgan fingerprint density at radius 1 is 1.24 bits per heavy atom. The minimum Gasteiger partial charge on any atom is -0.481 e. The number of aryl methyl sites for hydroxylation is 3. The average Bonchev–Trinajstić information content (AvgIpc) is 3.37. The van der Waals surface area contributed by atoms with E-state index in [1.54, 1.807) is 18.7 Å². The van der Waals surface area contributed by atoms with Crippen LogP contribution in [0.1, 0.15) is 36.9 Å². The van der Waals surface area contributed by atoms with Gasteiger partial charge in [0, 0.05) is 36.7 Å². The minimum atomic E-state index is -0.783. The SMILES string of the molecule is Cc1cccc2[nH]c(Cn3c(=O)c4c(nc(NC5CCCC(C(=O)O)C5)n4C)n(C)c3=O)cc12. The Kier molecular flexibility index (Phi) is 5.30. The number of benzene rings is 1. The number of aromatic nitrogens is 5. The standard InChI is InChI=1S/C24H28N6O4/c1-13-6-4-9-18-17(13)11-16(25-18)12-30-21(31)19-20(29(3)24(30)34)27-23(28(19)2)26-15-8-5-7-14(10-15)22(32)33/h4,6,9,11,14-15,25H,5,7-8,10,12H2,1-3H3,(H,26,27)(H,32,33). The van der Waals surface area contributed by atoms with Gasteiger partial charge in [-0.1, -0.05) is 18.6 Å². The van der Waals surface area contributed by atoms with E-state index in [-0.39, 0.29) is 18.5 Å². The van der Waals surface area contributed by atoms with Gasteiger partial charge in [0.2, 0.25) is 5.95 Å². The number of carbonyl (C=O) groups is 1. The van der Waals surface area contributed by atoms with Crippen molar-refractivity contribution in [3.8, 4) is 0 Å². The van der Waals surface area contributed by atoms with E-state index in [1.165, 1.54) is 9.13 Å². The first kappa shape index (κ1) is 22.0. The van der Waals surface area contributed by atoms with Gasteiger partial charge in [-0.05, 0) is 43.9 Å². The molecule has 0 radical (unpaired) electrons. The Labute approximate surface area is 194 Å². The zero-order chi connectivity index (χ0) is 24.1. The normalized spacial score (nSPS) is 18.6. The molecule has 1 fully saturated rings. The van der Waals surface area contributed by atoms with Crippen LogP contribution in [0.5, 0.6) is 0 Å². The number of aromatic amines is 1. The molecular weight excluding hydrogens is 436 g/mol. The van der Waals surface area contributed by atoms with Gasteiger partial charge in [-0.25, -0.2) is 4.79 Å². The number of aliphatic carboxylic acids is 1. The van der Waals surface area contributed by atoms with Crippen molar-refractivity contribution in [1.82, 2.24) is 23.7 Å². The highest BCUT2D eigenvalue weighted by atomic mass is 16.4. The zero-order valence-corrected chi connectivity index (χ0v) is 19.5. The summed E-state index contributed by atoms with van der Waals surface area (Å²) in [5.74, 6) is -0.714. The number of imidazole rings is 1. The lowest BCUT2D eigenvalue weighted by Crippen LogP contribution is -2.39. The van der Waals surface area contributed by atoms with Crippen LogP contribution in [-0.2, 0) is 25.4 Å². The van der Waals surface area contributed by atoms with E-state index in [9.17, 15) is 19.5 Å². The van der Waals surface area contributed by atoms with Crippen molar-refractivity contribution in [3.05, 3.63) is 56.4 Å². The predicted molar refractivity (Wildman–Crippen MR) is 129 cm³/mol. The quantitative estimate of drug-likeness (QED) is 0.416. The van der Waals surface area contributed by atoms with Crippen LogP contribution in [0.3, 0.4) is 0 Å². The summed E-state index contributed by atoms with van der Waals surface area (Å²) < 4.78 is 4.26. The van der Waals surface area contributed by atoms with Crippen molar-refractivity contribution in [2.75, 3.05) is 5.32 Å². The molecule has 0 bridgehead atoms. The van der Waals surface area contributed by atoms with Gasteiger partial charge >= 0.3 is 11.7 Å². The fourth-order valence-corrected chi connectivity index (χ4v) is 5.06. The van der Waals surface area contributed by atoms with Crippen LogP contribution in [0.2, 0.25) is 0 Å². The number of nitrogens with one attached hydrogen (secondary N) is 2. The molecule has 1 aromatic carbocycles. The fraction of sp³-hybridized carbons (Fsp3) is 0.417. The van der Waals surface area contributed by atoms with Gasteiger partial charge in [0.1, 0.15) is 0 Å². The third-order valence-corrected chi connectivity index (χ3v) is 6.98. The van der Waals surface area contributed by atoms with Crippen molar-refractivity contribution in [3.63, 3.8) is 0 Å². The topological polar surface area (TPSA) is 127 Å². The maximum absolute atomic E-state index is 13.4. The molecule has 0 amide bonds. The zero-order valence-electron chi connectivity index (χ0n) is 19.5. The molecule has 10 nitrogen and oxygen atoms in total. The summed E-state index contributed by atoms with van der Waals surface area (Å²) in [5, 5.41) is 13.7. The summed E-state index contributed by atoms with van der Waals surface area (Å²) in [6.07, 6.45) is 2.81. The first-order chi connectivity index (χ1) is 16.2. The van der Waals surface area contributed by atoms with E-state index in [2.05, 4.69) is 15.3 Å².